The van der Waals surface area contributed by atoms with E-state index in [9.17, 15) is 0 Å². The van der Waals surface area contributed by atoms with Crippen LogP contribution in [0, 0.1) is 3.57 Å². The Balaban J connectivity index is 1.95. The van der Waals surface area contributed by atoms with Crippen LogP contribution in [0.15, 0.2) is 30.5 Å². The van der Waals surface area contributed by atoms with Gasteiger partial charge in [0, 0.05) is 10.1 Å². The number of benzene rings is 1. The molecule has 0 radical (unpaired) electrons. The topological polar surface area (TPSA) is 75.7 Å². The Kier molecular flexibility index (Phi) is 4.18. The van der Waals surface area contributed by atoms with Gasteiger partial charge in [-0.05, 0) is 53.3 Å². The number of anilines is 1. The van der Waals surface area contributed by atoms with Gasteiger partial charge in [-0.2, -0.15) is 15.1 Å². The van der Waals surface area contributed by atoms with Crippen molar-refractivity contribution in [3.8, 4) is 11.6 Å². The lowest BCUT2D eigenvalue weighted by Gasteiger charge is -2.08. The van der Waals surface area contributed by atoms with Gasteiger partial charge in [-0.25, -0.2) is 0 Å². The van der Waals surface area contributed by atoms with Crippen molar-refractivity contribution >= 4 is 39.6 Å². The van der Waals surface area contributed by atoms with Crippen molar-refractivity contribution in [2.24, 2.45) is 0 Å². The molecule has 0 saturated carbocycles. The van der Waals surface area contributed by atoms with Crippen molar-refractivity contribution in [3.05, 3.63) is 34.0 Å². The first-order valence-electron chi connectivity index (χ1n) is 6.64. The summed E-state index contributed by atoms with van der Waals surface area (Å²) in [5.41, 5.74) is 0.657. The highest BCUT2D eigenvalue weighted by molar-refractivity contribution is 14.1. The van der Waals surface area contributed by atoms with Crippen LogP contribution in [0.5, 0.6) is 11.6 Å². The summed E-state index contributed by atoms with van der Waals surface area (Å²) >= 11 is 2.25. The second kappa shape index (κ2) is 6.25. The van der Waals surface area contributed by atoms with Gasteiger partial charge >= 0.3 is 0 Å². The first kappa shape index (κ1) is 14.1. The zero-order valence-electron chi connectivity index (χ0n) is 11.4. The van der Waals surface area contributed by atoms with E-state index in [1.54, 1.807) is 6.20 Å². The van der Waals surface area contributed by atoms with Crippen LogP contribution in [0.4, 0.5) is 5.95 Å². The molecule has 0 atom stereocenters. The molecule has 0 saturated heterocycles. The first-order chi connectivity index (χ1) is 10.3. The Morgan fingerprint density at radius 2 is 2.05 bits per heavy atom. The highest BCUT2D eigenvalue weighted by Crippen LogP contribution is 2.27. The van der Waals surface area contributed by atoms with Crippen LogP contribution in [-0.4, -0.2) is 26.7 Å². The number of halogens is 1. The summed E-state index contributed by atoms with van der Waals surface area (Å²) in [5, 5.41) is 10.8. The van der Waals surface area contributed by atoms with Crippen molar-refractivity contribution < 1.29 is 4.74 Å². The fourth-order valence-electron chi connectivity index (χ4n) is 1.82. The molecule has 0 aliphatic carbocycles. The quantitative estimate of drug-likeness (QED) is 0.646. The van der Waals surface area contributed by atoms with Crippen LogP contribution in [0.1, 0.15) is 13.3 Å². The minimum atomic E-state index is 0.494. The van der Waals surface area contributed by atoms with Crippen molar-refractivity contribution in [1.29, 1.82) is 0 Å². The molecule has 0 fully saturated rings. The molecule has 2 N–H and O–H groups in total. The van der Waals surface area contributed by atoms with Crippen molar-refractivity contribution in [2.45, 2.75) is 13.3 Å². The number of H-pyrrole nitrogens is 1. The molecule has 0 aliphatic heterocycles. The van der Waals surface area contributed by atoms with Gasteiger partial charge in [0.2, 0.25) is 11.8 Å². The molecule has 0 aliphatic rings. The Labute approximate surface area is 135 Å². The highest BCUT2D eigenvalue weighted by Gasteiger charge is 2.11. The maximum atomic E-state index is 5.87. The van der Waals surface area contributed by atoms with Gasteiger partial charge < -0.3 is 10.1 Å². The van der Waals surface area contributed by atoms with Crippen LogP contribution in [-0.2, 0) is 0 Å². The third kappa shape index (κ3) is 3.23. The van der Waals surface area contributed by atoms with Gasteiger partial charge in [0.15, 0.2) is 5.65 Å². The zero-order chi connectivity index (χ0) is 14.7. The van der Waals surface area contributed by atoms with E-state index in [0.29, 0.717) is 17.5 Å². The number of fused-ring (bicyclic) bond motifs is 1. The SMILES string of the molecule is CCCNc1nc(Oc2ccc(I)cc2)c2cn[nH]c2n1. The number of nitrogens with zero attached hydrogens (tertiary/aromatic N) is 3. The van der Waals surface area contributed by atoms with Gasteiger partial charge in [0.05, 0.1) is 6.20 Å². The molecule has 0 unspecified atom stereocenters. The molecule has 2 heterocycles. The molecule has 2 aromatic heterocycles. The number of rotatable bonds is 5. The summed E-state index contributed by atoms with van der Waals surface area (Å²) in [5.74, 6) is 1.76. The number of aromatic amines is 1. The number of hydrogen-bond acceptors (Lipinski definition) is 5. The monoisotopic (exact) mass is 395 g/mol. The van der Waals surface area contributed by atoms with Gasteiger partial charge in [-0.1, -0.05) is 6.92 Å². The fraction of sp³-hybridized carbons (Fsp3) is 0.214. The van der Waals surface area contributed by atoms with Crippen LogP contribution < -0.4 is 10.1 Å². The lowest BCUT2D eigenvalue weighted by molar-refractivity contribution is 0.469. The van der Waals surface area contributed by atoms with E-state index in [0.717, 1.165) is 27.7 Å². The van der Waals surface area contributed by atoms with E-state index in [2.05, 4.69) is 55.0 Å². The predicted molar refractivity (Wildman–Crippen MR) is 89.7 cm³/mol. The van der Waals surface area contributed by atoms with Crippen LogP contribution >= 0.6 is 22.6 Å². The first-order valence-corrected chi connectivity index (χ1v) is 7.72. The second-order valence-corrected chi connectivity index (χ2v) is 5.71. The second-order valence-electron chi connectivity index (χ2n) is 4.47. The van der Waals surface area contributed by atoms with E-state index in [-0.39, 0.29) is 0 Å². The Morgan fingerprint density at radius 1 is 1.24 bits per heavy atom. The van der Waals surface area contributed by atoms with Gasteiger partial charge in [0.25, 0.3) is 0 Å². The molecular weight excluding hydrogens is 381 g/mol. The fourth-order valence-corrected chi connectivity index (χ4v) is 2.18. The zero-order valence-corrected chi connectivity index (χ0v) is 13.6. The van der Waals surface area contributed by atoms with Crippen molar-refractivity contribution in [3.63, 3.8) is 0 Å². The van der Waals surface area contributed by atoms with E-state index >= 15 is 0 Å². The van der Waals surface area contributed by atoms with Crippen molar-refractivity contribution in [2.75, 3.05) is 11.9 Å². The molecule has 3 rings (SSSR count). The molecule has 3 aromatic rings. The molecule has 1 aromatic carbocycles. The van der Waals surface area contributed by atoms with E-state index in [1.807, 2.05) is 24.3 Å². The average molecular weight is 395 g/mol. The molecular formula is C14H14IN5O. The molecule has 21 heavy (non-hydrogen) atoms. The molecule has 7 heteroatoms. The summed E-state index contributed by atoms with van der Waals surface area (Å²) in [6.07, 6.45) is 2.67. The smallest absolute Gasteiger partial charge is 0.235 e. The minimum Gasteiger partial charge on any atom is -0.438 e. The predicted octanol–water partition coefficient (Wildman–Crippen LogP) is 3.57. The average Bonchev–Trinajstić information content (AvgIpc) is 2.96. The summed E-state index contributed by atoms with van der Waals surface area (Å²) < 4.78 is 7.03. The molecule has 0 bridgehead atoms. The molecule has 6 nitrogen and oxygen atoms in total. The molecule has 108 valence electrons. The van der Waals surface area contributed by atoms with Crippen LogP contribution in [0.2, 0.25) is 0 Å². The van der Waals surface area contributed by atoms with Crippen LogP contribution in [0.3, 0.4) is 0 Å². The van der Waals surface area contributed by atoms with Crippen molar-refractivity contribution in [1.82, 2.24) is 20.2 Å². The summed E-state index contributed by atoms with van der Waals surface area (Å²) in [6.45, 7) is 2.90. The standard InChI is InChI=1S/C14H14IN5O/c1-2-7-16-14-18-12-11(8-17-20-12)13(19-14)21-10-5-3-9(15)4-6-10/h3-6,8H,2,7H2,1H3,(H2,16,17,18,19,20). The number of hydrogen-bond donors (Lipinski definition) is 2. The van der Waals surface area contributed by atoms with E-state index in [4.69, 9.17) is 4.74 Å². The lowest BCUT2D eigenvalue weighted by Crippen LogP contribution is -2.05. The highest BCUT2D eigenvalue weighted by atomic mass is 127. The largest absolute Gasteiger partial charge is 0.438 e. The van der Waals surface area contributed by atoms with Crippen LogP contribution in [0.25, 0.3) is 11.0 Å². The molecule has 0 amide bonds. The lowest BCUT2D eigenvalue weighted by atomic mass is 10.3. The maximum Gasteiger partial charge on any atom is 0.235 e. The van der Waals surface area contributed by atoms with Gasteiger partial charge in [-0.15, -0.1) is 0 Å². The van der Waals surface area contributed by atoms with Gasteiger partial charge in [-0.3, -0.25) is 5.10 Å². The van der Waals surface area contributed by atoms with Gasteiger partial charge in [0.1, 0.15) is 11.1 Å². The third-order valence-electron chi connectivity index (χ3n) is 2.84. The molecule has 0 spiro atoms. The third-order valence-corrected chi connectivity index (χ3v) is 3.56. The summed E-state index contributed by atoms with van der Waals surface area (Å²) in [4.78, 5) is 8.79. The Bertz CT molecular complexity index is 741. The van der Waals surface area contributed by atoms with E-state index < -0.39 is 0 Å². The maximum absolute atomic E-state index is 5.87. The normalized spacial score (nSPS) is 10.8. The number of ether oxygens (including phenoxy) is 1. The number of nitrogens with one attached hydrogen (secondary N) is 2. The Morgan fingerprint density at radius 3 is 2.81 bits per heavy atom. The minimum absolute atomic E-state index is 0.494. The van der Waals surface area contributed by atoms with E-state index in [1.165, 1.54) is 0 Å². The summed E-state index contributed by atoms with van der Waals surface area (Å²) in [7, 11) is 0. The number of aromatic nitrogens is 4. The summed E-state index contributed by atoms with van der Waals surface area (Å²) in [6, 6.07) is 7.80. The Hall–Kier alpha value is -1.90.